The van der Waals surface area contributed by atoms with Gasteiger partial charge >= 0.3 is 0 Å². The fourth-order valence-corrected chi connectivity index (χ4v) is 4.17. The lowest BCUT2D eigenvalue weighted by atomic mass is 10.1. The summed E-state index contributed by atoms with van der Waals surface area (Å²) >= 11 is 0.985. The van der Waals surface area contributed by atoms with Gasteiger partial charge in [-0.2, -0.15) is 0 Å². The van der Waals surface area contributed by atoms with Crippen molar-refractivity contribution in [1.82, 2.24) is 9.80 Å². The SMILES string of the molecule is O=C(c1ccccc1)N1CCN(C(=O)c2cc3ccccc3c(=O)s2)CC1. The van der Waals surface area contributed by atoms with Crippen LogP contribution in [-0.4, -0.2) is 47.8 Å². The first kappa shape index (κ1) is 17.4. The van der Waals surface area contributed by atoms with Gasteiger partial charge in [0.15, 0.2) is 0 Å². The average Bonchev–Trinajstić information content (AvgIpc) is 2.73. The molecular weight excluding hydrogens is 360 g/mol. The predicted octanol–water partition coefficient (Wildman–Crippen LogP) is 2.86. The summed E-state index contributed by atoms with van der Waals surface area (Å²) in [5.41, 5.74) is 0.657. The number of nitrogens with zero attached hydrogens (tertiary/aromatic N) is 2. The molecule has 1 fully saturated rings. The Bertz CT molecular complexity index is 1050. The number of piperazine rings is 1. The van der Waals surface area contributed by atoms with E-state index < -0.39 is 0 Å². The smallest absolute Gasteiger partial charge is 0.264 e. The second-order valence-electron chi connectivity index (χ2n) is 6.44. The molecular formula is C21H18N2O3S. The van der Waals surface area contributed by atoms with Gasteiger partial charge in [0.2, 0.25) is 4.74 Å². The minimum Gasteiger partial charge on any atom is -0.335 e. The molecule has 0 radical (unpaired) electrons. The molecule has 2 amide bonds. The third kappa shape index (κ3) is 3.48. The van der Waals surface area contributed by atoms with Crippen LogP contribution in [0.2, 0.25) is 0 Å². The minimum absolute atomic E-state index is 0.0157. The van der Waals surface area contributed by atoms with E-state index in [1.165, 1.54) is 0 Å². The maximum atomic E-state index is 12.8. The van der Waals surface area contributed by atoms with E-state index in [4.69, 9.17) is 0 Å². The summed E-state index contributed by atoms with van der Waals surface area (Å²) in [7, 11) is 0. The van der Waals surface area contributed by atoms with Crippen molar-refractivity contribution in [3.63, 3.8) is 0 Å². The van der Waals surface area contributed by atoms with E-state index in [-0.39, 0.29) is 16.6 Å². The van der Waals surface area contributed by atoms with Crippen molar-refractivity contribution >= 4 is 33.9 Å². The highest BCUT2D eigenvalue weighted by Crippen LogP contribution is 2.18. The molecule has 3 aromatic rings. The first-order valence-corrected chi connectivity index (χ1v) is 9.61. The summed E-state index contributed by atoms with van der Waals surface area (Å²) in [6.45, 7) is 1.90. The quantitative estimate of drug-likeness (QED) is 0.689. The number of hydrogen-bond donors (Lipinski definition) is 0. The lowest BCUT2D eigenvalue weighted by molar-refractivity contribution is 0.0538. The van der Waals surface area contributed by atoms with E-state index in [0.717, 1.165) is 16.7 Å². The van der Waals surface area contributed by atoms with Crippen molar-refractivity contribution in [3.8, 4) is 0 Å². The lowest BCUT2D eigenvalue weighted by Crippen LogP contribution is -2.50. The fraction of sp³-hybridized carbons (Fsp3) is 0.190. The molecule has 5 nitrogen and oxygen atoms in total. The first-order chi connectivity index (χ1) is 13.1. The normalized spacial score (nSPS) is 14.4. The summed E-state index contributed by atoms with van der Waals surface area (Å²) in [4.78, 5) is 41.6. The number of fused-ring (bicyclic) bond motifs is 1. The third-order valence-electron chi connectivity index (χ3n) is 4.76. The summed E-state index contributed by atoms with van der Waals surface area (Å²) in [6, 6.07) is 18.2. The number of hydrogen-bond acceptors (Lipinski definition) is 4. The second kappa shape index (κ2) is 7.32. The van der Waals surface area contributed by atoms with Crippen LogP contribution >= 0.6 is 11.3 Å². The molecule has 0 unspecified atom stereocenters. The van der Waals surface area contributed by atoms with E-state index in [0.29, 0.717) is 42.0 Å². The largest absolute Gasteiger partial charge is 0.335 e. The summed E-state index contributed by atoms with van der Waals surface area (Å²) in [5, 5.41) is 1.42. The molecule has 0 bridgehead atoms. The molecule has 0 aliphatic carbocycles. The topological polar surface area (TPSA) is 57.7 Å². The Morgan fingerprint density at radius 1 is 0.778 bits per heavy atom. The number of rotatable bonds is 2. The van der Waals surface area contributed by atoms with Crippen molar-refractivity contribution in [2.75, 3.05) is 26.2 Å². The molecule has 2 aromatic carbocycles. The molecule has 0 saturated carbocycles. The van der Waals surface area contributed by atoms with Crippen molar-refractivity contribution in [2.24, 2.45) is 0 Å². The fourth-order valence-electron chi connectivity index (χ4n) is 3.27. The van der Waals surface area contributed by atoms with Gasteiger partial charge in [-0.15, -0.1) is 0 Å². The van der Waals surface area contributed by atoms with E-state index in [1.807, 2.05) is 36.4 Å². The van der Waals surface area contributed by atoms with Crippen LogP contribution in [0.5, 0.6) is 0 Å². The highest BCUT2D eigenvalue weighted by atomic mass is 32.1. The summed E-state index contributed by atoms with van der Waals surface area (Å²) in [5.74, 6) is -0.160. The number of carbonyl (C=O) groups excluding carboxylic acids is 2. The summed E-state index contributed by atoms with van der Waals surface area (Å²) < 4.78 is -0.102. The molecule has 2 heterocycles. The predicted molar refractivity (Wildman–Crippen MR) is 106 cm³/mol. The first-order valence-electron chi connectivity index (χ1n) is 8.80. The van der Waals surface area contributed by atoms with E-state index >= 15 is 0 Å². The van der Waals surface area contributed by atoms with Gasteiger partial charge in [0, 0.05) is 37.1 Å². The Morgan fingerprint density at radius 2 is 1.37 bits per heavy atom. The van der Waals surface area contributed by atoms with Crippen LogP contribution in [-0.2, 0) is 0 Å². The molecule has 1 aromatic heterocycles. The Labute approximate surface area is 160 Å². The minimum atomic E-state index is -0.144. The van der Waals surface area contributed by atoms with E-state index in [1.54, 1.807) is 34.1 Å². The third-order valence-corrected chi connectivity index (χ3v) is 5.67. The van der Waals surface area contributed by atoms with Gasteiger partial charge in [-0.05, 0) is 29.7 Å². The van der Waals surface area contributed by atoms with Crippen LogP contribution < -0.4 is 4.74 Å². The monoisotopic (exact) mass is 378 g/mol. The molecule has 0 atom stereocenters. The van der Waals surface area contributed by atoms with Crippen LogP contribution in [0.1, 0.15) is 20.0 Å². The maximum absolute atomic E-state index is 12.8. The zero-order valence-electron chi connectivity index (χ0n) is 14.6. The highest BCUT2D eigenvalue weighted by Gasteiger charge is 2.26. The van der Waals surface area contributed by atoms with Gasteiger partial charge in [0.25, 0.3) is 11.8 Å². The molecule has 0 spiro atoms. The molecule has 0 N–H and O–H groups in total. The van der Waals surface area contributed by atoms with Gasteiger partial charge < -0.3 is 9.80 Å². The number of benzene rings is 2. The average molecular weight is 378 g/mol. The summed E-state index contributed by atoms with van der Waals surface area (Å²) in [6.07, 6.45) is 0. The van der Waals surface area contributed by atoms with Crippen LogP contribution in [0.25, 0.3) is 10.8 Å². The zero-order valence-corrected chi connectivity index (χ0v) is 15.4. The Morgan fingerprint density at radius 3 is 2.07 bits per heavy atom. The van der Waals surface area contributed by atoms with E-state index in [2.05, 4.69) is 0 Å². The Hall–Kier alpha value is -2.99. The molecule has 6 heteroatoms. The number of carbonyl (C=O) groups is 2. The van der Waals surface area contributed by atoms with Gasteiger partial charge in [0.1, 0.15) is 0 Å². The van der Waals surface area contributed by atoms with Crippen LogP contribution in [0.15, 0.2) is 65.5 Å². The van der Waals surface area contributed by atoms with Gasteiger partial charge in [-0.3, -0.25) is 14.4 Å². The van der Waals surface area contributed by atoms with Gasteiger partial charge in [-0.25, -0.2) is 0 Å². The zero-order chi connectivity index (χ0) is 18.8. The standard InChI is InChI=1S/C21H18N2O3S/c24-19(15-6-2-1-3-7-15)22-10-12-23(13-11-22)20(25)18-14-16-8-4-5-9-17(16)21(26)27-18/h1-9,14H,10-13H2. The lowest BCUT2D eigenvalue weighted by Gasteiger charge is -2.34. The van der Waals surface area contributed by atoms with Crippen molar-refractivity contribution in [3.05, 3.63) is 80.6 Å². The molecule has 27 heavy (non-hydrogen) atoms. The molecule has 1 aliphatic heterocycles. The van der Waals surface area contributed by atoms with Crippen molar-refractivity contribution in [1.29, 1.82) is 0 Å². The molecule has 1 aliphatic rings. The van der Waals surface area contributed by atoms with Gasteiger partial charge in [-0.1, -0.05) is 47.7 Å². The molecule has 1 saturated heterocycles. The van der Waals surface area contributed by atoms with Crippen molar-refractivity contribution < 1.29 is 9.59 Å². The van der Waals surface area contributed by atoms with Gasteiger partial charge in [0.05, 0.1) is 4.88 Å². The molecule has 4 rings (SSSR count). The van der Waals surface area contributed by atoms with Crippen LogP contribution in [0.4, 0.5) is 0 Å². The Balaban J connectivity index is 1.48. The van der Waals surface area contributed by atoms with Crippen LogP contribution in [0.3, 0.4) is 0 Å². The molecule has 136 valence electrons. The van der Waals surface area contributed by atoms with Crippen molar-refractivity contribution in [2.45, 2.75) is 0 Å². The van der Waals surface area contributed by atoms with E-state index in [9.17, 15) is 14.4 Å². The second-order valence-corrected chi connectivity index (χ2v) is 7.45. The highest BCUT2D eigenvalue weighted by molar-refractivity contribution is 7.12. The maximum Gasteiger partial charge on any atom is 0.264 e. The number of amides is 2. The van der Waals surface area contributed by atoms with Crippen LogP contribution in [0, 0.1) is 0 Å². The Kier molecular flexibility index (Phi) is 4.73.